The Balaban J connectivity index is 3.42. The number of quaternary nitrogens is 1. The molecule has 31 heavy (non-hydrogen) atoms. The van der Waals surface area contributed by atoms with Crippen molar-refractivity contribution in [3.63, 3.8) is 0 Å². The lowest BCUT2D eigenvalue weighted by Crippen LogP contribution is -2.37. The van der Waals surface area contributed by atoms with Gasteiger partial charge >= 0.3 is 7.82 Å². The molecule has 8 heteroatoms. The molecule has 0 aliphatic carbocycles. The zero-order valence-corrected chi connectivity index (χ0v) is 21.6. The van der Waals surface area contributed by atoms with Crippen molar-refractivity contribution in [2.24, 2.45) is 0 Å². The number of phosphoric acid groups is 1. The number of nitrogens with zero attached hydrogens (tertiary/aromatic N) is 1. The van der Waals surface area contributed by atoms with Gasteiger partial charge in [0, 0.05) is 6.61 Å². The lowest BCUT2D eigenvalue weighted by molar-refractivity contribution is -0.870. The summed E-state index contributed by atoms with van der Waals surface area (Å²) >= 11 is 0. The van der Waals surface area contributed by atoms with E-state index in [2.05, 4.69) is 6.92 Å². The van der Waals surface area contributed by atoms with Crippen LogP contribution in [0.4, 0.5) is 0 Å². The van der Waals surface area contributed by atoms with Crippen LogP contribution in [0.1, 0.15) is 90.4 Å². The normalized spacial score (nSPS) is 15.2. The molecule has 2 atom stereocenters. The predicted molar refractivity (Wildman–Crippen MR) is 127 cm³/mol. The summed E-state index contributed by atoms with van der Waals surface area (Å²) in [5, 5.41) is 9.83. The molecule has 0 aromatic rings. The van der Waals surface area contributed by atoms with Gasteiger partial charge in [-0.25, -0.2) is 4.57 Å². The number of phosphoric ester groups is 1. The molecule has 0 saturated heterocycles. The summed E-state index contributed by atoms with van der Waals surface area (Å²) in [4.78, 5) is 9.62. The zero-order chi connectivity index (χ0) is 23.4. The van der Waals surface area contributed by atoms with Gasteiger partial charge < -0.3 is 19.2 Å². The van der Waals surface area contributed by atoms with E-state index in [-0.39, 0.29) is 19.8 Å². The minimum absolute atomic E-state index is 0.0944. The topological polar surface area (TPSA) is 85.2 Å². The largest absolute Gasteiger partial charge is 0.472 e. The Bertz CT molecular complexity index is 444. The van der Waals surface area contributed by atoms with Crippen LogP contribution in [0.2, 0.25) is 0 Å². The first-order valence-corrected chi connectivity index (χ1v) is 13.8. The fourth-order valence-corrected chi connectivity index (χ4v) is 3.88. The number of hydrogen-bond donors (Lipinski definition) is 2. The maximum atomic E-state index is 11.8. The predicted octanol–water partition coefficient (Wildman–Crippen LogP) is 5.29. The molecule has 0 fully saturated rings. The maximum Gasteiger partial charge on any atom is 0.472 e. The lowest BCUT2D eigenvalue weighted by atomic mass is 10.0. The SMILES string of the molecule is CCCCCCCCCCCCCCCOCC(O)COP(=O)(O)OCC[N+](C)(C)C. The fourth-order valence-electron chi connectivity index (χ4n) is 3.14. The molecule has 2 N–H and O–H groups in total. The molecule has 2 unspecified atom stereocenters. The van der Waals surface area contributed by atoms with Crippen molar-refractivity contribution >= 4 is 7.82 Å². The van der Waals surface area contributed by atoms with Crippen LogP contribution in [0.25, 0.3) is 0 Å². The van der Waals surface area contributed by atoms with E-state index in [0.717, 1.165) is 12.8 Å². The Morgan fingerprint density at radius 1 is 0.742 bits per heavy atom. The quantitative estimate of drug-likeness (QED) is 0.120. The monoisotopic (exact) mass is 468 g/mol. The van der Waals surface area contributed by atoms with Crippen molar-refractivity contribution in [1.29, 1.82) is 0 Å². The Morgan fingerprint density at radius 3 is 1.71 bits per heavy atom. The van der Waals surface area contributed by atoms with Crippen LogP contribution in [0.5, 0.6) is 0 Å². The summed E-state index contributed by atoms with van der Waals surface area (Å²) in [5.74, 6) is 0. The molecule has 0 saturated carbocycles. The second-order valence-corrected chi connectivity index (χ2v) is 11.0. The Labute approximate surface area is 191 Å². The molecule has 188 valence electrons. The van der Waals surface area contributed by atoms with Gasteiger partial charge in [-0.1, -0.05) is 84.0 Å². The van der Waals surface area contributed by atoms with Crippen LogP contribution in [0.3, 0.4) is 0 Å². The molecule has 0 aromatic heterocycles. The van der Waals surface area contributed by atoms with Crippen molar-refractivity contribution in [2.75, 3.05) is 54.1 Å². The summed E-state index contributed by atoms with van der Waals surface area (Å²) in [6.07, 6.45) is 16.0. The highest BCUT2D eigenvalue weighted by molar-refractivity contribution is 7.47. The highest BCUT2D eigenvalue weighted by atomic mass is 31.2. The third kappa shape index (κ3) is 24.5. The summed E-state index contributed by atoms with van der Waals surface area (Å²) < 4.78 is 27.6. The fraction of sp³-hybridized carbons (Fsp3) is 1.00. The van der Waals surface area contributed by atoms with Gasteiger partial charge in [0.25, 0.3) is 0 Å². The number of ether oxygens (including phenoxy) is 1. The van der Waals surface area contributed by atoms with Crippen LogP contribution >= 0.6 is 7.82 Å². The first kappa shape index (κ1) is 31.0. The molecular weight excluding hydrogens is 417 g/mol. The molecule has 7 nitrogen and oxygen atoms in total. The highest BCUT2D eigenvalue weighted by Gasteiger charge is 2.24. The Morgan fingerprint density at radius 2 is 1.23 bits per heavy atom. The summed E-state index contributed by atoms with van der Waals surface area (Å²) in [6.45, 7) is 3.36. The minimum atomic E-state index is -4.13. The van der Waals surface area contributed by atoms with Crippen molar-refractivity contribution in [3.05, 3.63) is 0 Å². The van der Waals surface area contributed by atoms with E-state index in [4.69, 9.17) is 13.8 Å². The van der Waals surface area contributed by atoms with Gasteiger partial charge in [0.2, 0.25) is 0 Å². The van der Waals surface area contributed by atoms with E-state index in [1.807, 2.05) is 21.1 Å². The summed E-state index contributed by atoms with van der Waals surface area (Å²) in [6, 6.07) is 0. The van der Waals surface area contributed by atoms with E-state index >= 15 is 0 Å². The smallest absolute Gasteiger partial charge is 0.388 e. The molecule has 0 aromatic carbocycles. The molecular formula is C23H51NO6P+. The first-order valence-electron chi connectivity index (χ1n) is 12.3. The molecule has 0 spiro atoms. The van der Waals surface area contributed by atoms with Gasteiger partial charge in [-0.3, -0.25) is 9.05 Å². The molecule has 0 aliphatic heterocycles. The number of aliphatic hydroxyl groups is 1. The number of likely N-dealkylation sites (N-methyl/N-ethyl adjacent to an activating group) is 1. The molecule has 0 bridgehead atoms. The third-order valence-electron chi connectivity index (χ3n) is 5.15. The average Bonchev–Trinajstić information content (AvgIpc) is 2.68. The second kappa shape index (κ2) is 19.5. The molecule has 0 radical (unpaired) electrons. The molecule has 0 rings (SSSR count). The van der Waals surface area contributed by atoms with Crippen molar-refractivity contribution < 1.29 is 32.8 Å². The van der Waals surface area contributed by atoms with E-state index in [0.29, 0.717) is 17.6 Å². The van der Waals surface area contributed by atoms with Gasteiger partial charge in [-0.15, -0.1) is 0 Å². The molecule has 0 amide bonds. The van der Waals surface area contributed by atoms with Gasteiger partial charge in [0.1, 0.15) is 19.3 Å². The number of unbranched alkanes of at least 4 members (excludes halogenated alkanes) is 12. The second-order valence-electron chi connectivity index (χ2n) is 9.58. The van der Waals surface area contributed by atoms with E-state index in [9.17, 15) is 14.6 Å². The van der Waals surface area contributed by atoms with Crippen LogP contribution in [-0.2, 0) is 18.3 Å². The summed E-state index contributed by atoms with van der Waals surface area (Å²) in [7, 11) is 1.76. The first-order chi connectivity index (χ1) is 14.7. The van der Waals surface area contributed by atoms with E-state index in [1.54, 1.807) is 0 Å². The van der Waals surface area contributed by atoms with Crippen LogP contribution in [-0.4, -0.2) is 74.7 Å². The average molecular weight is 469 g/mol. The number of rotatable bonds is 23. The maximum absolute atomic E-state index is 11.8. The van der Waals surface area contributed by atoms with Gasteiger partial charge in [0.05, 0.1) is 34.4 Å². The van der Waals surface area contributed by atoms with Crippen molar-refractivity contribution in [1.82, 2.24) is 0 Å². The minimum Gasteiger partial charge on any atom is -0.388 e. The number of hydrogen-bond acceptors (Lipinski definition) is 5. The molecule has 0 heterocycles. The van der Waals surface area contributed by atoms with Crippen molar-refractivity contribution in [2.45, 2.75) is 96.5 Å². The van der Waals surface area contributed by atoms with Gasteiger partial charge in [0.15, 0.2) is 0 Å². The Kier molecular flexibility index (Phi) is 19.5. The standard InChI is InChI=1S/C23H50NO6P/c1-5-6-7-8-9-10-11-12-13-14-15-16-17-19-28-21-23(25)22-30-31(26,27)29-20-18-24(2,3)4/h23,25H,5-22H2,1-4H3/p+1. The lowest BCUT2D eigenvalue weighted by Gasteiger charge is -2.24. The molecule has 0 aliphatic rings. The number of aliphatic hydroxyl groups excluding tert-OH is 1. The van der Waals surface area contributed by atoms with Crippen LogP contribution in [0.15, 0.2) is 0 Å². The Hall–Kier alpha value is -0.0100. The summed E-state index contributed by atoms with van der Waals surface area (Å²) in [5.41, 5.74) is 0. The van der Waals surface area contributed by atoms with Crippen LogP contribution in [0, 0.1) is 0 Å². The third-order valence-corrected chi connectivity index (χ3v) is 6.13. The van der Waals surface area contributed by atoms with Gasteiger partial charge in [-0.2, -0.15) is 0 Å². The highest BCUT2D eigenvalue weighted by Crippen LogP contribution is 2.43. The van der Waals surface area contributed by atoms with E-state index in [1.165, 1.54) is 70.6 Å². The van der Waals surface area contributed by atoms with Gasteiger partial charge in [-0.05, 0) is 6.42 Å². The van der Waals surface area contributed by atoms with Crippen LogP contribution < -0.4 is 0 Å². The van der Waals surface area contributed by atoms with Crippen molar-refractivity contribution in [3.8, 4) is 0 Å². The zero-order valence-electron chi connectivity index (χ0n) is 20.7. The van der Waals surface area contributed by atoms with E-state index < -0.39 is 13.9 Å².